The lowest BCUT2D eigenvalue weighted by Gasteiger charge is -2.17. The third kappa shape index (κ3) is 8.04. The summed E-state index contributed by atoms with van der Waals surface area (Å²) in [6.45, 7) is 22.4. The zero-order valence-corrected chi connectivity index (χ0v) is 24.8. The largest absolute Gasteiger partial charge is 0.423 e. The Hall–Kier alpha value is -5.50. The molecule has 0 aliphatic rings. The van der Waals surface area contributed by atoms with Crippen molar-refractivity contribution in [2.75, 3.05) is 0 Å². The van der Waals surface area contributed by atoms with Crippen LogP contribution in [0.2, 0.25) is 0 Å². The van der Waals surface area contributed by atoms with Crippen LogP contribution in [0.15, 0.2) is 103 Å². The summed E-state index contributed by atoms with van der Waals surface area (Å²) in [7, 11) is 0. The topological polar surface area (TPSA) is 105 Å². The van der Waals surface area contributed by atoms with Crippen molar-refractivity contribution in [1.29, 1.82) is 0 Å². The Labute approximate surface area is 250 Å². The van der Waals surface area contributed by atoms with Crippen LogP contribution in [0.25, 0.3) is 22.3 Å². The predicted octanol–water partition coefficient (Wildman–Crippen LogP) is 7.26. The van der Waals surface area contributed by atoms with Gasteiger partial charge in [-0.25, -0.2) is 19.2 Å². The first kappa shape index (κ1) is 32.0. The number of carbonyl (C=O) groups is 4. The molecule has 0 saturated heterocycles. The number of carbonyl (C=O) groups excluding carboxylic acids is 4. The Balaban J connectivity index is 2.14. The lowest BCUT2D eigenvalue weighted by Crippen LogP contribution is -2.13. The van der Waals surface area contributed by atoms with E-state index in [4.69, 9.17) is 18.9 Å². The van der Waals surface area contributed by atoms with Crippen LogP contribution in [-0.2, 0) is 19.2 Å². The van der Waals surface area contributed by atoms with Gasteiger partial charge in [0.15, 0.2) is 11.5 Å². The summed E-state index contributed by atoms with van der Waals surface area (Å²) in [6.07, 6.45) is 0. The Bertz CT molecular complexity index is 1690. The molecule has 3 rings (SSSR count). The Kier molecular flexibility index (Phi) is 10.0. The number of hydrogen-bond donors (Lipinski definition) is 0. The minimum Gasteiger partial charge on any atom is -0.423 e. The molecule has 8 heteroatoms. The van der Waals surface area contributed by atoms with E-state index in [1.54, 1.807) is 49.4 Å². The van der Waals surface area contributed by atoms with Crippen LogP contribution in [0.3, 0.4) is 0 Å². The van der Waals surface area contributed by atoms with Crippen LogP contribution >= 0.6 is 0 Å². The van der Waals surface area contributed by atoms with E-state index in [9.17, 15) is 19.2 Å². The fraction of sp³-hybridized carbons (Fsp3) is 0.143. The van der Waals surface area contributed by atoms with Crippen LogP contribution in [-0.4, -0.2) is 23.9 Å². The summed E-state index contributed by atoms with van der Waals surface area (Å²) in [5.41, 5.74) is 4.07. The molecule has 0 saturated carbocycles. The molecule has 0 aromatic heterocycles. The van der Waals surface area contributed by atoms with Crippen LogP contribution in [0.1, 0.15) is 33.3 Å². The average Bonchev–Trinajstić information content (AvgIpc) is 2.94. The number of ether oxygens (including phenoxy) is 4. The normalized spacial score (nSPS) is 10.3. The Morgan fingerprint density at radius 2 is 0.930 bits per heavy atom. The maximum atomic E-state index is 12.6. The van der Waals surface area contributed by atoms with Crippen molar-refractivity contribution in [3.63, 3.8) is 0 Å². The van der Waals surface area contributed by atoms with Gasteiger partial charge in [-0.15, -0.1) is 0 Å². The van der Waals surface area contributed by atoms with Crippen molar-refractivity contribution >= 4 is 23.9 Å². The van der Waals surface area contributed by atoms with Gasteiger partial charge in [-0.1, -0.05) is 44.5 Å². The molecule has 0 aliphatic heterocycles. The maximum absolute atomic E-state index is 12.6. The second kappa shape index (κ2) is 13.4. The van der Waals surface area contributed by atoms with Crippen molar-refractivity contribution in [2.45, 2.75) is 34.6 Å². The molecule has 0 aliphatic carbocycles. The lowest BCUT2D eigenvalue weighted by atomic mass is 9.94. The molecule has 3 aromatic carbocycles. The number of rotatable bonds is 10. The number of hydrogen-bond acceptors (Lipinski definition) is 8. The first-order chi connectivity index (χ1) is 20.2. The molecular formula is C35H32O8. The average molecular weight is 581 g/mol. The molecule has 0 heterocycles. The number of benzene rings is 3. The summed E-state index contributed by atoms with van der Waals surface area (Å²) in [5.74, 6) is -1.99. The van der Waals surface area contributed by atoms with Crippen LogP contribution in [0, 0.1) is 6.92 Å². The molecule has 0 N–H and O–H groups in total. The van der Waals surface area contributed by atoms with Gasteiger partial charge in [-0.05, 0) is 93.3 Å². The first-order valence-corrected chi connectivity index (χ1v) is 13.1. The Morgan fingerprint density at radius 1 is 0.488 bits per heavy atom. The van der Waals surface area contributed by atoms with Gasteiger partial charge in [-0.2, -0.15) is 0 Å². The predicted molar refractivity (Wildman–Crippen MR) is 164 cm³/mol. The smallest absolute Gasteiger partial charge is 0.338 e. The van der Waals surface area contributed by atoms with Gasteiger partial charge in [0.1, 0.15) is 11.5 Å². The van der Waals surface area contributed by atoms with E-state index < -0.39 is 23.9 Å². The maximum Gasteiger partial charge on any atom is 0.338 e. The van der Waals surface area contributed by atoms with Gasteiger partial charge in [0.05, 0.1) is 0 Å². The molecule has 0 spiro atoms. The van der Waals surface area contributed by atoms with E-state index >= 15 is 0 Å². The Morgan fingerprint density at radius 3 is 1.44 bits per heavy atom. The van der Waals surface area contributed by atoms with Crippen molar-refractivity contribution in [3.05, 3.63) is 109 Å². The van der Waals surface area contributed by atoms with Gasteiger partial charge < -0.3 is 18.9 Å². The van der Waals surface area contributed by atoms with E-state index in [0.29, 0.717) is 28.0 Å². The highest BCUT2D eigenvalue weighted by Gasteiger charge is 2.20. The second-order valence-electron chi connectivity index (χ2n) is 10.0. The summed E-state index contributed by atoms with van der Waals surface area (Å²) in [6, 6.07) is 14.9. The molecule has 0 unspecified atom stereocenters. The van der Waals surface area contributed by atoms with Gasteiger partial charge >= 0.3 is 23.9 Å². The SMILES string of the molecule is C=C(C)C(=O)Oc1ccc(-c2cc(C)c(-c3ccc(OC(=O)C(=C)C)c(OC(=O)C(=C)C)c3)cc2OC(=O)C(=C)C)cc1. The number of esters is 4. The summed E-state index contributed by atoms with van der Waals surface area (Å²) < 4.78 is 21.9. The molecule has 0 atom stereocenters. The van der Waals surface area contributed by atoms with Gasteiger partial charge in [0.2, 0.25) is 0 Å². The fourth-order valence-corrected chi connectivity index (χ4v) is 3.61. The van der Waals surface area contributed by atoms with Gasteiger partial charge in [0.25, 0.3) is 0 Å². The van der Waals surface area contributed by atoms with E-state index in [1.807, 2.05) is 13.0 Å². The van der Waals surface area contributed by atoms with Crippen molar-refractivity contribution in [3.8, 4) is 45.3 Å². The summed E-state index contributed by atoms with van der Waals surface area (Å²) >= 11 is 0. The third-order valence-electron chi connectivity index (χ3n) is 5.96. The van der Waals surface area contributed by atoms with Crippen LogP contribution < -0.4 is 18.9 Å². The van der Waals surface area contributed by atoms with Crippen LogP contribution in [0.5, 0.6) is 23.0 Å². The number of aryl methyl sites for hydroxylation is 1. The molecule has 0 radical (unpaired) electrons. The van der Waals surface area contributed by atoms with Gasteiger partial charge in [-0.3, -0.25) is 0 Å². The van der Waals surface area contributed by atoms with E-state index in [1.165, 1.54) is 26.8 Å². The molecule has 0 fully saturated rings. The summed E-state index contributed by atoms with van der Waals surface area (Å²) in [4.78, 5) is 49.1. The highest BCUT2D eigenvalue weighted by Crippen LogP contribution is 2.40. The second-order valence-corrected chi connectivity index (χ2v) is 10.0. The standard InChI is InChI=1S/C35H32O8/c1-19(2)32(36)40-26-13-10-24(11-14-26)28-16-23(9)27(18-30(28)42-34(38)21(5)6)25-12-15-29(41-33(37)20(3)4)31(17-25)43-35(39)22(7)8/h10-18H,1,3,5,7H2,2,4,6,8-9H3. The molecule has 8 nitrogen and oxygen atoms in total. The zero-order valence-electron chi connectivity index (χ0n) is 24.8. The van der Waals surface area contributed by atoms with E-state index in [0.717, 1.165) is 5.56 Å². The molecule has 43 heavy (non-hydrogen) atoms. The fourth-order valence-electron chi connectivity index (χ4n) is 3.61. The lowest BCUT2D eigenvalue weighted by molar-refractivity contribution is -0.132. The van der Waals surface area contributed by atoms with Crippen molar-refractivity contribution in [2.24, 2.45) is 0 Å². The highest BCUT2D eigenvalue weighted by molar-refractivity contribution is 5.93. The molecule has 3 aromatic rings. The third-order valence-corrected chi connectivity index (χ3v) is 5.96. The quantitative estimate of drug-likeness (QED) is 0.140. The van der Waals surface area contributed by atoms with Gasteiger partial charge in [0, 0.05) is 27.9 Å². The molecular weight excluding hydrogens is 548 g/mol. The summed E-state index contributed by atoms with van der Waals surface area (Å²) in [5, 5.41) is 0. The molecule has 0 amide bonds. The van der Waals surface area contributed by atoms with Crippen molar-refractivity contribution < 1.29 is 38.1 Å². The molecule has 220 valence electrons. The minimum absolute atomic E-state index is 0.0102. The highest BCUT2D eigenvalue weighted by atomic mass is 16.6. The van der Waals surface area contributed by atoms with Crippen molar-refractivity contribution in [1.82, 2.24) is 0 Å². The van der Waals surface area contributed by atoms with E-state index in [-0.39, 0.29) is 39.5 Å². The minimum atomic E-state index is -0.703. The first-order valence-electron chi connectivity index (χ1n) is 13.1. The zero-order chi connectivity index (χ0) is 32.0. The monoisotopic (exact) mass is 580 g/mol. The van der Waals surface area contributed by atoms with E-state index in [2.05, 4.69) is 26.3 Å². The molecule has 0 bridgehead atoms. The van der Waals surface area contributed by atoms with Crippen LogP contribution in [0.4, 0.5) is 0 Å².